The van der Waals surface area contributed by atoms with Gasteiger partial charge in [0, 0.05) is 38.1 Å². The van der Waals surface area contributed by atoms with Crippen LogP contribution < -0.4 is 4.90 Å². The van der Waals surface area contributed by atoms with Crippen LogP contribution in [0.4, 0.5) is 5.82 Å². The molecule has 25 heavy (non-hydrogen) atoms. The molecule has 0 unspecified atom stereocenters. The molecule has 128 valence electrons. The van der Waals surface area contributed by atoms with Gasteiger partial charge in [0.2, 0.25) is 5.91 Å². The molecule has 1 amide bonds. The molecule has 1 fully saturated rings. The summed E-state index contributed by atoms with van der Waals surface area (Å²) in [6, 6.07) is 7.49. The Morgan fingerprint density at radius 1 is 1.16 bits per heavy atom. The average molecular weight is 357 g/mol. The van der Waals surface area contributed by atoms with Gasteiger partial charge in [-0.25, -0.2) is 14.6 Å². The molecule has 8 heteroatoms. The molecule has 3 aromatic rings. The van der Waals surface area contributed by atoms with Crippen molar-refractivity contribution in [2.75, 3.05) is 31.1 Å². The highest BCUT2D eigenvalue weighted by molar-refractivity contribution is 6.30. The van der Waals surface area contributed by atoms with Gasteiger partial charge in [-0.15, -0.1) is 0 Å². The van der Waals surface area contributed by atoms with Crippen LogP contribution in [0, 0.1) is 0 Å². The van der Waals surface area contributed by atoms with E-state index < -0.39 is 0 Å². The lowest BCUT2D eigenvalue weighted by molar-refractivity contribution is -0.129. The quantitative estimate of drug-likeness (QED) is 0.703. The summed E-state index contributed by atoms with van der Waals surface area (Å²) in [6.45, 7) is 4.49. The van der Waals surface area contributed by atoms with Crippen molar-refractivity contribution in [3.8, 4) is 5.69 Å². The Kier molecular flexibility index (Phi) is 4.01. The number of anilines is 1. The summed E-state index contributed by atoms with van der Waals surface area (Å²) < 4.78 is 1.76. The van der Waals surface area contributed by atoms with Crippen LogP contribution >= 0.6 is 11.6 Å². The molecule has 0 radical (unpaired) electrons. The largest absolute Gasteiger partial charge is 0.352 e. The van der Waals surface area contributed by atoms with Crippen LogP contribution in [0.2, 0.25) is 5.02 Å². The third-order valence-corrected chi connectivity index (χ3v) is 4.66. The van der Waals surface area contributed by atoms with Crippen molar-refractivity contribution in [2.45, 2.75) is 6.92 Å². The highest BCUT2D eigenvalue weighted by Crippen LogP contribution is 2.26. The predicted molar refractivity (Wildman–Crippen MR) is 96.1 cm³/mol. The normalized spacial score (nSPS) is 15.0. The maximum atomic E-state index is 11.5. The van der Waals surface area contributed by atoms with Crippen molar-refractivity contribution >= 4 is 34.4 Å². The van der Waals surface area contributed by atoms with Crippen molar-refractivity contribution in [3.05, 3.63) is 41.8 Å². The van der Waals surface area contributed by atoms with Gasteiger partial charge >= 0.3 is 0 Å². The molecule has 4 rings (SSSR count). The maximum Gasteiger partial charge on any atom is 0.219 e. The second kappa shape index (κ2) is 6.33. The minimum absolute atomic E-state index is 0.112. The van der Waals surface area contributed by atoms with Gasteiger partial charge in [-0.2, -0.15) is 5.10 Å². The number of carbonyl (C=O) groups is 1. The Hall–Kier alpha value is -2.67. The standard InChI is InChI=1S/C17H17ClN6O/c1-12(25)22-5-7-23(8-6-22)16-15-10-21-24(17(15)20-11-19-16)14-4-2-3-13(18)9-14/h2-4,9-11H,5-8H2,1H3. The van der Waals surface area contributed by atoms with Gasteiger partial charge in [0.15, 0.2) is 5.65 Å². The van der Waals surface area contributed by atoms with E-state index in [1.807, 2.05) is 29.2 Å². The van der Waals surface area contributed by atoms with E-state index in [4.69, 9.17) is 11.6 Å². The van der Waals surface area contributed by atoms with Crippen LogP contribution in [0.1, 0.15) is 6.92 Å². The molecule has 2 aromatic heterocycles. The van der Waals surface area contributed by atoms with Gasteiger partial charge in [0.25, 0.3) is 0 Å². The van der Waals surface area contributed by atoms with E-state index >= 15 is 0 Å². The number of benzene rings is 1. The third-order valence-electron chi connectivity index (χ3n) is 4.42. The van der Waals surface area contributed by atoms with Crippen LogP contribution in [-0.4, -0.2) is 56.7 Å². The van der Waals surface area contributed by atoms with E-state index in [0.717, 1.165) is 35.6 Å². The summed E-state index contributed by atoms with van der Waals surface area (Å²) in [5, 5.41) is 6.01. The second-order valence-corrected chi connectivity index (χ2v) is 6.40. The summed E-state index contributed by atoms with van der Waals surface area (Å²) >= 11 is 6.09. The fourth-order valence-corrected chi connectivity index (χ4v) is 3.30. The number of aromatic nitrogens is 4. The summed E-state index contributed by atoms with van der Waals surface area (Å²) in [5.41, 5.74) is 1.59. The Balaban J connectivity index is 1.69. The zero-order valence-electron chi connectivity index (χ0n) is 13.8. The van der Waals surface area contributed by atoms with Gasteiger partial charge in [0.05, 0.1) is 17.3 Å². The average Bonchev–Trinajstić information content (AvgIpc) is 3.06. The van der Waals surface area contributed by atoms with Crippen LogP contribution in [0.5, 0.6) is 0 Å². The fraction of sp³-hybridized carbons (Fsp3) is 0.294. The number of nitrogens with zero attached hydrogens (tertiary/aromatic N) is 6. The smallest absolute Gasteiger partial charge is 0.219 e. The number of carbonyl (C=O) groups excluding carboxylic acids is 1. The van der Waals surface area contributed by atoms with E-state index in [1.54, 1.807) is 24.1 Å². The zero-order chi connectivity index (χ0) is 17.4. The van der Waals surface area contributed by atoms with Crippen molar-refractivity contribution in [1.29, 1.82) is 0 Å². The van der Waals surface area contributed by atoms with Gasteiger partial charge < -0.3 is 9.80 Å². The summed E-state index contributed by atoms with van der Waals surface area (Å²) in [7, 11) is 0. The molecule has 0 bridgehead atoms. The van der Waals surface area contributed by atoms with Gasteiger partial charge in [0.1, 0.15) is 12.1 Å². The number of rotatable bonds is 2. The van der Waals surface area contributed by atoms with Crippen molar-refractivity contribution in [3.63, 3.8) is 0 Å². The number of hydrogen-bond acceptors (Lipinski definition) is 5. The molecule has 0 spiro atoms. The Bertz CT molecular complexity index is 932. The summed E-state index contributed by atoms with van der Waals surface area (Å²) in [6.07, 6.45) is 3.33. The lowest BCUT2D eigenvalue weighted by Gasteiger charge is -2.35. The number of hydrogen-bond donors (Lipinski definition) is 0. The van der Waals surface area contributed by atoms with E-state index in [9.17, 15) is 4.79 Å². The molecule has 0 atom stereocenters. The van der Waals surface area contributed by atoms with E-state index in [1.165, 1.54) is 0 Å². The molecular formula is C17H17ClN6O. The van der Waals surface area contributed by atoms with Crippen LogP contribution in [0.15, 0.2) is 36.8 Å². The van der Waals surface area contributed by atoms with Crippen LogP contribution in [0.25, 0.3) is 16.7 Å². The molecule has 0 saturated carbocycles. The maximum absolute atomic E-state index is 11.5. The topological polar surface area (TPSA) is 67.2 Å². The first kappa shape index (κ1) is 15.8. The number of amides is 1. The van der Waals surface area contributed by atoms with E-state index in [-0.39, 0.29) is 5.91 Å². The van der Waals surface area contributed by atoms with Gasteiger partial charge in [-0.1, -0.05) is 17.7 Å². The fourth-order valence-electron chi connectivity index (χ4n) is 3.11. The van der Waals surface area contributed by atoms with Crippen molar-refractivity contribution < 1.29 is 4.79 Å². The second-order valence-electron chi connectivity index (χ2n) is 5.96. The first-order chi connectivity index (χ1) is 12.1. The number of fused-ring (bicyclic) bond motifs is 1. The molecular weight excluding hydrogens is 340 g/mol. The minimum atomic E-state index is 0.112. The first-order valence-electron chi connectivity index (χ1n) is 8.08. The SMILES string of the molecule is CC(=O)N1CCN(c2ncnc3c2cnn3-c2cccc(Cl)c2)CC1. The van der Waals surface area contributed by atoms with E-state index in [0.29, 0.717) is 18.1 Å². The van der Waals surface area contributed by atoms with Crippen molar-refractivity contribution in [1.82, 2.24) is 24.6 Å². The first-order valence-corrected chi connectivity index (χ1v) is 8.46. The molecule has 0 N–H and O–H groups in total. The Morgan fingerprint density at radius 3 is 2.68 bits per heavy atom. The molecule has 3 heterocycles. The highest BCUT2D eigenvalue weighted by Gasteiger charge is 2.22. The molecule has 1 aliphatic heterocycles. The van der Waals surface area contributed by atoms with Crippen LogP contribution in [0.3, 0.4) is 0 Å². The van der Waals surface area contributed by atoms with Crippen molar-refractivity contribution in [2.24, 2.45) is 0 Å². The lowest BCUT2D eigenvalue weighted by Crippen LogP contribution is -2.48. The molecule has 1 aliphatic rings. The van der Waals surface area contributed by atoms with Crippen LogP contribution in [-0.2, 0) is 4.79 Å². The summed E-state index contributed by atoms with van der Waals surface area (Å²) in [4.78, 5) is 24.4. The molecule has 1 aromatic carbocycles. The molecule has 7 nitrogen and oxygen atoms in total. The third kappa shape index (κ3) is 2.91. The minimum Gasteiger partial charge on any atom is -0.352 e. The highest BCUT2D eigenvalue weighted by atomic mass is 35.5. The zero-order valence-corrected chi connectivity index (χ0v) is 14.5. The van der Waals surface area contributed by atoms with E-state index in [2.05, 4.69) is 20.0 Å². The lowest BCUT2D eigenvalue weighted by atomic mass is 10.2. The Morgan fingerprint density at radius 2 is 1.96 bits per heavy atom. The molecule has 1 saturated heterocycles. The van der Waals surface area contributed by atoms with Gasteiger partial charge in [-0.05, 0) is 18.2 Å². The summed E-state index contributed by atoms with van der Waals surface area (Å²) in [5.74, 6) is 0.961. The van der Waals surface area contributed by atoms with Gasteiger partial charge in [-0.3, -0.25) is 4.79 Å². The monoisotopic (exact) mass is 356 g/mol. The number of piperazine rings is 1. The predicted octanol–water partition coefficient (Wildman–Crippen LogP) is 2.14. The number of halogens is 1. The molecule has 0 aliphatic carbocycles. The Labute approximate surface area is 149 Å².